The van der Waals surface area contributed by atoms with Crippen molar-refractivity contribution in [3.05, 3.63) is 28.5 Å². The average molecular weight is 185 g/mol. The first-order valence-corrected chi connectivity index (χ1v) is 4.37. The van der Waals surface area contributed by atoms with Crippen LogP contribution < -0.4 is 5.32 Å². The molecule has 3 heteroatoms. The minimum absolute atomic E-state index is 0.753. The Balaban J connectivity index is 2.78. The lowest BCUT2D eigenvalue weighted by Crippen LogP contribution is -2.11. The second-order valence-electron chi connectivity index (χ2n) is 2.76. The molecule has 12 heavy (non-hydrogen) atoms. The summed E-state index contributed by atoms with van der Waals surface area (Å²) >= 11 is 5.91. The zero-order valence-electron chi connectivity index (χ0n) is 7.39. The maximum absolute atomic E-state index is 5.91. The Morgan fingerprint density at radius 2 is 2.25 bits per heavy atom. The summed E-state index contributed by atoms with van der Waals surface area (Å²) < 4.78 is 0. The number of halogens is 1. The van der Waals surface area contributed by atoms with Crippen molar-refractivity contribution in [1.29, 1.82) is 0 Å². The molecule has 0 bridgehead atoms. The third-order valence-electron chi connectivity index (χ3n) is 1.90. The molecule has 0 aliphatic carbocycles. The fourth-order valence-corrected chi connectivity index (χ4v) is 1.23. The molecule has 0 aliphatic rings. The van der Waals surface area contributed by atoms with Crippen LogP contribution in [0.4, 0.5) is 0 Å². The van der Waals surface area contributed by atoms with E-state index in [2.05, 4.69) is 10.3 Å². The fourth-order valence-electron chi connectivity index (χ4n) is 1.05. The van der Waals surface area contributed by atoms with E-state index in [0.717, 1.165) is 23.6 Å². The first-order valence-electron chi connectivity index (χ1n) is 3.99. The Morgan fingerprint density at radius 3 is 2.92 bits per heavy atom. The van der Waals surface area contributed by atoms with Gasteiger partial charge in [-0.05, 0) is 38.1 Å². The SMILES string of the molecule is CNCCc1cncc(Cl)c1C. The van der Waals surface area contributed by atoms with Gasteiger partial charge in [-0.1, -0.05) is 11.6 Å². The van der Waals surface area contributed by atoms with Crippen LogP contribution in [0.15, 0.2) is 12.4 Å². The van der Waals surface area contributed by atoms with Crippen LogP contribution in [-0.2, 0) is 6.42 Å². The number of hydrogen-bond acceptors (Lipinski definition) is 2. The average Bonchev–Trinajstić information content (AvgIpc) is 2.08. The molecule has 1 aromatic rings. The van der Waals surface area contributed by atoms with Gasteiger partial charge in [-0.2, -0.15) is 0 Å². The standard InChI is InChI=1S/C9H13ClN2/c1-7-8(3-4-11-2)5-12-6-9(7)10/h5-6,11H,3-4H2,1-2H3. The molecular weight excluding hydrogens is 172 g/mol. The Hall–Kier alpha value is -0.600. The lowest BCUT2D eigenvalue weighted by Gasteiger charge is -2.05. The zero-order chi connectivity index (χ0) is 8.97. The Kier molecular flexibility index (Phi) is 3.50. The Bertz CT molecular complexity index is 261. The fraction of sp³-hybridized carbons (Fsp3) is 0.444. The third kappa shape index (κ3) is 2.19. The van der Waals surface area contributed by atoms with Crippen LogP contribution in [0, 0.1) is 6.92 Å². The van der Waals surface area contributed by atoms with Crippen LogP contribution in [0.2, 0.25) is 5.02 Å². The molecule has 2 nitrogen and oxygen atoms in total. The van der Waals surface area contributed by atoms with Gasteiger partial charge in [-0.15, -0.1) is 0 Å². The molecule has 0 aliphatic heterocycles. The van der Waals surface area contributed by atoms with Crippen molar-refractivity contribution in [2.45, 2.75) is 13.3 Å². The molecule has 0 spiro atoms. The molecule has 1 rings (SSSR count). The lowest BCUT2D eigenvalue weighted by atomic mass is 10.1. The van der Waals surface area contributed by atoms with Crippen molar-refractivity contribution in [2.75, 3.05) is 13.6 Å². The van der Waals surface area contributed by atoms with Gasteiger partial charge in [0, 0.05) is 12.4 Å². The van der Waals surface area contributed by atoms with Gasteiger partial charge in [0.1, 0.15) is 0 Å². The number of likely N-dealkylation sites (N-methyl/N-ethyl adjacent to an activating group) is 1. The molecule has 1 N–H and O–H groups in total. The van der Waals surface area contributed by atoms with Gasteiger partial charge in [0.05, 0.1) is 5.02 Å². The summed E-state index contributed by atoms with van der Waals surface area (Å²) in [5.74, 6) is 0. The molecule has 0 fully saturated rings. The predicted octanol–water partition coefficient (Wildman–Crippen LogP) is 1.81. The van der Waals surface area contributed by atoms with E-state index in [1.54, 1.807) is 6.20 Å². The number of nitrogens with zero attached hydrogens (tertiary/aromatic N) is 1. The molecule has 0 atom stereocenters. The largest absolute Gasteiger partial charge is 0.319 e. The minimum atomic E-state index is 0.753. The zero-order valence-corrected chi connectivity index (χ0v) is 8.15. The highest BCUT2D eigenvalue weighted by atomic mass is 35.5. The predicted molar refractivity (Wildman–Crippen MR) is 51.6 cm³/mol. The second kappa shape index (κ2) is 4.43. The van der Waals surface area contributed by atoms with Crippen molar-refractivity contribution in [2.24, 2.45) is 0 Å². The highest BCUT2D eigenvalue weighted by molar-refractivity contribution is 6.31. The van der Waals surface area contributed by atoms with Crippen molar-refractivity contribution in [3.8, 4) is 0 Å². The summed E-state index contributed by atoms with van der Waals surface area (Å²) in [7, 11) is 1.94. The van der Waals surface area contributed by atoms with Gasteiger partial charge in [0.25, 0.3) is 0 Å². The highest BCUT2D eigenvalue weighted by Gasteiger charge is 2.01. The quantitative estimate of drug-likeness (QED) is 0.775. The van der Waals surface area contributed by atoms with Crippen molar-refractivity contribution in [3.63, 3.8) is 0 Å². The van der Waals surface area contributed by atoms with Gasteiger partial charge in [-0.25, -0.2) is 0 Å². The molecule has 0 amide bonds. The van der Waals surface area contributed by atoms with Gasteiger partial charge in [0.2, 0.25) is 0 Å². The molecule has 1 aromatic heterocycles. The second-order valence-corrected chi connectivity index (χ2v) is 3.17. The van der Waals surface area contributed by atoms with E-state index in [1.807, 2.05) is 20.2 Å². The minimum Gasteiger partial charge on any atom is -0.319 e. The molecule has 0 unspecified atom stereocenters. The van der Waals surface area contributed by atoms with Gasteiger partial charge < -0.3 is 5.32 Å². The van der Waals surface area contributed by atoms with E-state index in [1.165, 1.54) is 5.56 Å². The molecule has 0 saturated heterocycles. The number of nitrogens with one attached hydrogen (secondary N) is 1. The van der Waals surface area contributed by atoms with Crippen LogP contribution >= 0.6 is 11.6 Å². The van der Waals surface area contributed by atoms with Crippen LogP contribution in [-0.4, -0.2) is 18.6 Å². The smallest absolute Gasteiger partial charge is 0.0621 e. The molecule has 1 heterocycles. The molecular formula is C9H13ClN2. The molecule has 0 saturated carbocycles. The van der Waals surface area contributed by atoms with Crippen molar-refractivity contribution in [1.82, 2.24) is 10.3 Å². The van der Waals surface area contributed by atoms with E-state index in [9.17, 15) is 0 Å². The summed E-state index contributed by atoms with van der Waals surface area (Å²) in [4.78, 5) is 4.04. The summed E-state index contributed by atoms with van der Waals surface area (Å²) in [5.41, 5.74) is 2.36. The topological polar surface area (TPSA) is 24.9 Å². The number of aromatic nitrogens is 1. The third-order valence-corrected chi connectivity index (χ3v) is 2.28. The number of hydrogen-bond donors (Lipinski definition) is 1. The first kappa shape index (κ1) is 9.49. The maximum Gasteiger partial charge on any atom is 0.0621 e. The van der Waals surface area contributed by atoms with Gasteiger partial charge >= 0.3 is 0 Å². The maximum atomic E-state index is 5.91. The van der Waals surface area contributed by atoms with Gasteiger partial charge in [0.15, 0.2) is 0 Å². The van der Waals surface area contributed by atoms with E-state index in [0.29, 0.717) is 0 Å². The first-order chi connectivity index (χ1) is 5.75. The van der Waals surface area contributed by atoms with E-state index in [-0.39, 0.29) is 0 Å². The molecule has 0 radical (unpaired) electrons. The van der Waals surface area contributed by atoms with E-state index >= 15 is 0 Å². The normalized spacial score (nSPS) is 10.2. The number of rotatable bonds is 3. The Morgan fingerprint density at radius 1 is 1.50 bits per heavy atom. The van der Waals surface area contributed by atoms with Crippen molar-refractivity contribution >= 4 is 11.6 Å². The lowest BCUT2D eigenvalue weighted by molar-refractivity contribution is 0.786. The van der Waals surface area contributed by atoms with Crippen molar-refractivity contribution < 1.29 is 0 Å². The van der Waals surface area contributed by atoms with Crippen LogP contribution in [0.3, 0.4) is 0 Å². The van der Waals surface area contributed by atoms with Crippen LogP contribution in [0.25, 0.3) is 0 Å². The van der Waals surface area contributed by atoms with Crippen LogP contribution in [0.1, 0.15) is 11.1 Å². The summed E-state index contributed by atoms with van der Waals surface area (Å²) in [6.45, 7) is 2.98. The van der Waals surface area contributed by atoms with E-state index < -0.39 is 0 Å². The highest BCUT2D eigenvalue weighted by Crippen LogP contribution is 2.16. The van der Waals surface area contributed by atoms with Crippen LogP contribution in [0.5, 0.6) is 0 Å². The summed E-state index contributed by atoms with van der Waals surface area (Å²) in [5, 5.41) is 3.85. The summed E-state index contributed by atoms with van der Waals surface area (Å²) in [6.07, 6.45) is 4.54. The molecule has 0 aromatic carbocycles. The monoisotopic (exact) mass is 184 g/mol. The number of pyridine rings is 1. The van der Waals surface area contributed by atoms with Gasteiger partial charge in [-0.3, -0.25) is 4.98 Å². The molecule has 66 valence electrons. The van der Waals surface area contributed by atoms with E-state index in [4.69, 9.17) is 11.6 Å². The summed E-state index contributed by atoms with van der Waals surface area (Å²) in [6, 6.07) is 0. The Labute approximate surface area is 78.0 Å².